The Morgan fingerprint density at radius 2 is 1.79 bits per heavy atom. The minimum Gasteiger partial charge on any atom is -0.489 e. The average Bonchev–Trinajstić information content (AvgIpc) is 2.54. The second-order valence-corrected chi connectivity index (χ2v) is 6.19. The molecule has 2 rings (SSSR count). The quantitative estimate of drug-likeness (QED) is 0.815. The molecule has 1 aromatic carbocycles. The number of anilines is 2. The van der Waals surface area contributed by atoms with Crippen molar-refractivity contribution in [2.45, 2.75) is 33.8 Å². The molecule has 2 N–H and O–H groups in total. The molecule has 1 heterocycles. The van der Waals surface area contributed by atoms with E-state index in [0.717, 1.165) is 11.4 Å². The van der Waals surface area contributed by atoms with Crippen molar-refractivity contribution < 1.29 is 9.53 Å². The molecule has 0 bridgehead atoms. The third-order valence-corrected chi connectivity index (χ3v) is 3.08. The molecule has 0 atom stereocenters. The van der Waals surface area contributed by atoms with Crippen LogP contribution in [0.25, 0.3) is 0 Å². The molecule has 1 aromatic heterocycles. The Hall–Kier alpha value is -2.63. The molecule has 0 saturated carbocycles. The van der Waals surface area contributed by atoms with Gasteiger partial charge in [0, 0.05) is 18.9 Å². The molecule has 0 fully saturated rings. The third-order valence-electron chi connectivity index (χ3n) is 3.08. The fourth-order valence-corrected chi connectivity index (χ4v) is 1.96. The predicted octanol–water partition coefficient (Wildman–Crippen LogP) is 3.39. The van der Waals surface area contributed by atoms with Gasteiger partial charge < -0.3 is 15.4 Å². The fourth-order valence-electron chi connectivity index (χ4n) is 1.96. The molecule has 0 saturated heterocycles. The van der Waals surface area contributed by atoms with Crippen LogP contribution in [0, 0.1) is 5.92 Å². The summed E-state index contributed by atoms with van der Waals surface area (Å²) in [5.41, 5.74) is 1.22. The summed E-state index contributed by atoms with van der Waals surface area (Å²) in [6.07, 6.45) is 3.09. The van der Waals surface area contributed by atoms with Crippen LogP contribution in [0.5, 0.6) is 5.75 Å². The number of rotatable bonds is 7. The minimum atomic E-state index is -0.168. The van der Waals surface area contributed by atoms with E-state index < -0.39 is 0 Å². The molecule has 24 heavy (non-hydrogen) atoms. The van der Waals surface area contributed by atoms with Crippen LogP contribution in [-0.2, 0) is 0 Å². The van der Waals surface area contributed by atoms with Crippen molar-refractivity contribution in [3.63, 3.8) is 0 Å². The van der Waals surface area contributed by atoms with Gasteiger partial charge >= 0.3 is 0 Å². The largest absolute Gasteiger partial charge is 0.489 e. The number of carbonyl (C=O) groups is 1. The Labute approximate surface area is 142 Å². The summed E-state index contributed by atoms with van der Waals surface area (Å²) in [5.74, 6) is 1.37. The summed E-state index contributed by atoms with van der Waals surface area (Å²) >= 11 is 0. The van der Waals surface area contributed by atoms with Crippen molar-refractivity contribution >= 4 is 17.5 Å². The topological polar surface area (TPSA) is 76.1 Å². The zero-order chi connectivity index (χ0) is 17.5. The monoisotopic (exact) mass is 328 g/mol. The van der Waals surface area contributed by atoms with Gasteiger partial charge in [-0.05, 0) is 31.9 Å². The van der Waals surface area contributed by atoms with Gasteiger partial charge in [0.25, 0.3) is 5.91 Å². The lowest BCUT2D eigenvalue weighted by atomic mass is 10.2. The van der Waals surface area contributed by atoms with Gasteiger partial charge in [0.1, 0.15) is 5.75 Å². The third kappa shape index (κ3) is 5.22. The van der Waals surface area contributed by atoms with E-state index in [1.54, 1.807) is 0 Å². The van der Waals surface area contributed by atoms with Crippen LogP contribution in [0.4, 0.5) is 11.6 Å². The van der Waals surface area contributed by atoms with Crippen LogP contribution in [0.15, 0.2) is 36.7 Å². The number of amides is 1. The number of nitrogens with one attached hydrogen (secondary N) is 2. The Bertz CT molecular complexity index is 669. The normalized spacial score (nSPS) is 10.8. The summed E-state index contributed by atoms with van der Waals surface area (Å²) in [7, 11) is 0. The van der Waals surface area contributed by atoms with E-state index in [1.807, 2.05) is 52.0 Å². The number of ether oxygens (including phenoxy) is 1. The van der Waals surface area contributed by atoms with Gasteiger partial charge in [-0.2, -0.15) is 0 Å². The molecule has 1 amide bonds. The molecule has 0 aliphatic heterocycles. The number of aromatic nitrogens is 2. The van der Waals surface area contributed by atoms with Crippen LogP contribution in [0.2, 0.25) is 0 Å². The van der Waals surface area contributed by atoms with Gasteiger partial charge in [-0.1, -0.05) is 26.0 Å². The summed E-state index contributed by atoms with van der Waals surface area (Å²) in [4.78, 5) is 20.4. The molecular weight excluding hydrogens is 304 g/mol. The number of hydrogen-bond acceptors (Lipinski definition) is 5. The highest BCUT2D eigenvalue weighted by Crippen LogP contribution is 2.26. The summed E-state index contributed by atoms with van der Waals surface area (Å²) in [6.45, 7) is 8.65. The molecule has 0 aliphatic rings. The van der Waals surface area contributed by atoms with E-state index in [0.29, 0.717) is 24.0 Å². The molecule has 0 radical (unpaired) electrons. The highest BCUT2D eigenvalue weighted by Gasteiger charge is 2.09. The molecule has 6 nitrogen and oxygen atoms in total. The Balaban J connectivity index is 2.05. The highest BCUT2D eigenvalue weighted by atomic mass is 16.5. The molecule has 2 aromatic rings. The number of para-hydroxylation sites is 2. The van der Waals surface area contributed by atoms with E-state index in [1.165, 1.54) is 12.4 Å². The standard InChI is InChI=1S/C18H24N4O2/c1-12(2)9-19-17(23)14-10-20-18(21-11-14)22-15-7-5-6-8-16(15)24-13(3)4/h5-8,10-13H,9H2,1-4H3,(H,19,23)(H,20,21,22). The van der Waals surface area contributed by atoms with Crippen molar-refractivity contribution in [3.8, 4) is 5.75 Å². The van der Waals surface area contributed by atoms with E-state index in [4.69, 9.17) is 4.74 Å². The average molecular weight is 328 g/mol. The van der Waals surface area contributed by atoms with E-state index in [-0.39, 0.29) is 12.0 Å². The molecule has 6 heteroatoms. The zero-order valence-corrected chi connectivity index (χ0v) is 14.5. The van der Waals surface area contributed by atoms with E-state index in [2.05, 4.69) is 20.6 Å². The van der Waals surface area contributed by atoms with Crippen LogP contribution >= 0.6 is 0 Å². The summed E-state index contributed by atoms with van der Waals surface area (Å²) in [6, 6.07) is 7.59. The first kappa shape index (κ1) is 17.7. The molecule has 0 unspecified atom stereocenters. The Kier molecular flexibility index (Phi) is 6.12. The summed E-state index contributed by atoms with van der Waals surface area (Å²) in [5, 5.41) is 5.95. The SMILES string of the molecule is CC(C)CNC(=O)c1cnc(Nc2ccccc2OC(C)C)nc1. The summed E-state index contributed by atoms with van der Waals surface area (Å²) < 4.78 is 5.75. The maximum absolute atomic E-state index is 12.0. The van der Waals surface area contributed by atoms with Crippen LogP contribution in [-0.4, -0.2) is 28.5 Å². The van der Waals surface area contributed by atoms with Crippen molar-refractivity contribution in [1.82, 2.24) is 15.3 Å². The van der Waals surface area contributed by atoms with E-state index >= 15 is 0 Å². The predicted molar refractivity (Wildman–Crippen MR) is 94.7 cm³/mol. The number of hydrogen-bond donors (Lipinski definition) is 2. The van der Waals surface area contributed by atoms with Crippen molar-refractivity contribution in [1.29, 1.82) is 0 Å². The number of benzene rings is 1. The lowest BCUT2D eigenvalue weighted by Crippen LogP contribution is -2.27. The number of nitrogens with zero attached hydrogens (tertiary/aromatic N) is 2. The minimum absolute atomic E-state index is 0.0703. The first-order valence-corrected chi connectivity index (χ1v) is 8.08. The molecule has 0 aliphatic carbocycles. The van der Waals surface area contributed by atoms with Gasteiger partial charge in [-0.3, -0.25) is 4.79 Å². The van der Waals surface area contributed by atoms with Gasteiger partial charge in [0.15, 0.2) is 0 Å². The van der Waals surface area contributed by atoms with Crippen molar-refractivity contribution in [2.24, 2.45) is 5.92 Å². The molecule has 128 valence electrons. The molecular formula is C18H24N4O2. The maximum Gasteiger partial charge on any atom is 0.254 e. The lowest BCUT2D eigenvalue weighted by Gasteiger charge is -2.14. The first-order valence-electron chi connectivity index (χ1n) is 8.08. The van der Waals surface area contributed by atoms with Crippen LogP contribution in [0.3, 0.4) is 0 Å². The van der Waals surface area contributed by atoms with Crippen LogP contribution < -0.4 is 15.4 Å². The maximum atomic E-state index is 12.0. The second kappa shape index (κ2) is 8.29. The zero-order valence-electron chi connectivity index (χ0n) is 14.5. The fraction of sp³-hybridized carbons (Fsp3) is 0.389. The van der Waals surface area contributed by atoms with Gasteiger partial charge in [0.2, 0.25) is 5.95 Å². The van der Waals surface area contributed by atoms with Crippen molar-refractivity contribution in [3.05, 3.63) is 42.2 Å². The lowest BCUT2D eigenvalue weighted by molar-refractivity contribution is 0.0948. The Morgan fingerprint density at radius 3 is 2.42 bits per heavy atom. The number of carbonyl (C=O) groups excluding carboxylic acids is 1. The van der Waals surface area contributed by atoms with Gasteiger partial charge in [-0.15, -0.1) is 0 Å². The molecule has 0 spiro atoms. The van der Waals surface area contributed by atoms with Gasteiger partial charge in [0.05, 0.1) is 17.4 Å². The Morgan fingerprint density at radius 1 is 1.12 bits per heavy atom. The highest BCUT2D eigenvalue weighted by molar-refractivity contribution is 5.93. The van der Waals surface area contributed by atoms with Crippen molar-refractivity contribution in [2.75, 3.05) is 11.9 Å². The van der Waals surface area contributed by atoms with Crippen LogP contribution in [0.1, 0.15) is 38.1 Å². The van der Waals surface area contributed by atoms with Gasteiger partial charge in [-0.25, -0.2) is 9.97 Å². The first-order chi connectivity index (χ1) is 11.5. The second-order valence-electron chi connectivity index (χ2n) is 6.19. The smallest absolute Gasteiger partial charge is 0.254 e. The van der Waals surface area contributed by atoms with E-state index in [9.17, 15) is 4.79 Å².